The van der Waals surface area contributed by atoms with Crippen molar-refractivity contribution in [3.63, 3.8) is 0 Å². The van der Waals surface area contributed by atoms with Crippen LogP contribution in [0, 0.1) is 5.92 Å². The van der Waals surface area contributed by atoms with Crippen LogP contribution in [0.25, 0.3) is 0 Å². The standard InChI is InChI=1S/C11H23NO2/c1-2-10(14)7-12-11-6-4-3-5-9(11)8-13/h9-14H,2-8H2,1H3/t9-,10+,11+/m0/s1. The third-order valence-corrected chi connectivity index (χ3v) is 3.23. The van der Waals surface area contributed by atoms with Gasteiger partial charge in [-0.3, -0.25) is 0 Å². The van der Waals surface area contributed by atoms with Crippen molar-refractivity contribution in [2.24, 2.45) is 5.92 Å². The van der Waals surface area contributed by atoms with E-state index in [1.807, 2.05) is 6.92 Å². The number of rotatable bonds is 5. The minimum atomic E-state index is -0.240. The summed E-state index contributed by atoms with van der Waals surface area (Å²) in [6, 6.07) is 0.412. The number of hydrogen-bond acceptors (Lipinski definition) is 3. The lowest BCUT2D eigenvalue weighted by Gasteiger charge is -2.31. The van der Waals surface area contributed by atoms with Crippen molar-refractivity contribution >= 4 is 0 Å². The lowest BCUT2D eigenvalue weighted by Crippen LogP contribution is -2.43. The Morgan fingerprint density at radius 3 is 2.71 bits per heavy atom. The van der Waals surface area contributed by atoms with Gasteiger partial charge in [-0.1, -0.05) is 19.8 Å². The largest absolute Gasteiger partial charge is 0.396 e. The van der Waals surface area contributed by atoms with Gasteiger partial charge in [-0.05, 0) is 25.2 Å². The van der Waals surface area contributed by atoms with E-state index in [0.29, 0.717) is 18.5 Å². The van der Waals surface area contributed by atoms with E-state index in [1.165, 1.54) is 12.8 Å². The Labute approximate surface area is 86.5 Å². The van der Waals surface area contributed by atoms with Gasteiger partial charge in [0.15, 0.2) is 0 Å². The monoisotopic (exact) mass is 201 g/mol. The molecule has 0 aromatic rings. The van der Waals surface area contributed by atoms with Crippen LogP contribution in [0.3, 0.4) is 0 Å². The Bertz CT molecular complexity index is 152. The SMILES string of the molecule is CC[C@@H](O)CN[C@@H]1CCCC[C@H]1CO. The highest BCUT2D eigenvalue weighted by molar-refractivity contribution is 4.81. The summed E-state index contributed by atoms with van der Waals surface area (Å²) in [5, 5.41) is 22.0. The van der Waals surface area contributed by atoms with E-state index in [1.54, 1.807) is 0 Å². The number of nitrogens with one attached hydrogen (secondary N) is 1. The summed E-state index contributed by atoms with van der Waals surface area (Å²) in [6.07, 6.45) is 5.30. The molecule has 1 fully saturated rings. The first kappa shape index (κ1) is 12.0. The van der Waals surface area contributed by atoms with Gasteiger partial charge in [-0.25, -0.2) is 0 Å². The predicted octanol–water partition coefficient (Wildman–Crippen LogP) is 0.898. The molecule has 3 N–H and O–H groups in total. The van der Waals surface area contributed by atoms with Crippen LogP contribution in [0.15, 0.2) is 0 Å². The average Bonchev–Trinajstić information content (AvgIpc) is 2.26. The fourth-order valence-corrected chi connectivity index (χ4v) is 2.13. The molecule has 1 aliphatic rings. The second-order valence-corrected chi connectivity index (χ2v) is 4.30. The zero-order chi connectivity index (χ0) is 10.4. The van der Waals surface area contributed by atoms with Crippen molar-refractivity contribution in [2.45, 2.75) is 51.2 Å². The van der Waals surface area contributed by atoms with Gasteiger partial charge in [0.25, 0.3) is 0 Å². The molecule has 0 radical (unpaired) electrons. The minimum absolute atomic E-state index is 0.240. The van der Waals surface area contributed by atoms with Crippen molar-refractivity contribution in [3.05, 3.63) is 0 Å². The molecule has 0 spiro atoms. The topological polar surface area (TPSA) is 52.5 Å². The van der Waals surface area contributed by atoms with E-state index in [2.05, 4.69) is 5.32 Å². The fourth-order valence-electron chi connectivity index (χ4n) is 2.13. The highest BCUT2D eigenvalue weighted by Crippen LogP contribution is 2.23. The first-order chi connectivity index (χ1) is 6.77. The molecule has 0 aromatic heterocycles. The normalized spacial score (nSPS) is 30.2. The summed E-state index contributed by atoms with van der Waals surface area (Å²) in [5.74, 6) is 0.396. The molecule has 0 aromatic carbocycles. The van der Waals surface area contributed by atoms with Crippen LogP contribution in [-0.4, -0.2) is 35.5 Å². The molecule has 0 aliphatic heterocycles. The molecule has 3 atom stereocenters. The Balaban J connectivity index is 2.26. The van der Waals surface area contributed by atoms with Crippen molar-refractivity contribution in [1.29, 1.82) is 0 Å². The summed E-state index contributed by atoms with van der Waals surface area (Å²) in [4.78, 5) is 0. The van der Waals surface area contributed by atoms with E-state index >= 15 is 0 Å². The quantitative estimate of drug-likeness (QED) is 0.619. The lowest BCUT2D eigenvalue weighted by molar-refractivity contribution is 0.125. The van der Waals surface area contributed by atoms with Gasteiger partial charge in [-0.15, -0.1) is 0 Å². The Morgan fingerprint density at radius 2 is 2.07 bits per heavy atom. The van der Waals surface area contributed by atoms with Crippen LogP contribution in [0.2, 0.25) is 0 Å². The Hall–Kier alpha value is -0.120. The fraction of sp³-hybridized carbons (Fsp3) is 1.00. The smallest absolute Gasteiger partial charge is 0.0662 e. The molecule has 1 aliphatic carbocycles. The molecule has 0 saturated heterocycles. The summed E-state index contributed by atoms with van der Waals surface area (Å²) in [6.45, 7) is 2.92. The van der Waals surface area contributed by atoms with E-state index in [4.69, 9.17) is 0 Å². The predicted molar refractivity (Wildman–Crippen MR) is 57.1 cm³/mol. The molecule has 0 heterocycles. The highest BCUT2D eigenvalue weighted by atomic mass is 16.3. The van der Waals surface area contributed by atoms with Crippen LogP contribution >= 0.6 is 0 Å². The third-order valence-electron chi connectivity index (χ3n) is 3.23. The first-order valence-corrected chi connectivity index (χ1v) is 5.80. The Kier molecular flexibility index (Phi) is 5.45. The third kappa shape index (κ3) is 3.56. The van der Waals surface area contributed by atoms with Crippen LogP contribution in [0.1, 0.15) is 39.0 Å². The summed E-state index contributed by atoms with van der Waals surface area (Å²) in [5.41, 5.74) is 0. The van der Waals surface area contributed by atoms with E-state index in [0.717, 1.165) is 19.3 Å². The molecule has 3 nitrogen and oxygen atoms in total. The van der Waals surface area contributed by atoms with E-state index < -0.39 is 0 Å². The second kappa shape index (κ2) is 6.38. The molecule has 84 valence electrons. The van der Waals surface area contributed by atoms with Crippen LogP contribution in [0.4, 0.5) is 0 Å². The molecule has 0 amide bonds. The maximum Gasteiger partial charge on any atom is 0.0662 e. The first-order valence-electron chi connectivity index (χ1n) is 5.80. The van der Waals surface area contributed by atoms with Gasteiger partial charge in [0.1, 0.15) is 0 Å². The number of aliphatic hydroxyl groups is 2. The van der Waals surface area contributed by atoms with Gasteiger partial charge in [0, 0.05) is 19.2 Å². The van der Waals surface area contributed by atoms with Crippen LogP contribution in [-0.2, 0) is 0 Å². The van der Waals surface area contributed by atoms with Crippen molar-refractivity contribution < 1.29 is 10.2 Å². The number of hydrogen-bond donors (Lipinski definition) is 3. The van der Waals surface area contributed by atoms with Gasteiger partial charge in [-0.2, -0.15) is 0 Å². The second-order valence-electron chi connectivity index (χ2n) is 4.30. The van der Waals surface area contributed by atoms with Crippen molar-refractivity contribution in [3.8, 4) is 0 Å². The molecular formula is C11H23NO2. The van der Waals surface area contributed by atoms with Crippen LogP contribution in [0.5, 0.6) is 0 Å². The maximum atomic E-state index is 9.42. The maximum absolute atomic E-state index is 9.42. The minimum Gasteiger partial charge on any atom is -0.396 e. The van der Waals surface area contributed by atoms with Gasteiger partial charge in [0.2, 0.25) is 0 Å². The summed E-state index contributed by atoms with van der Waals surface area (Å²) in [7, 11) is 0. The molecule has 1 saturated carbocycles. The zero-order valence-electron chi connectivity index (χ0n) is 9.08. The van der Waals surface area contributed by atoms with Gasteiger partial charge < -0.3 is 15.5 Å². The van der Waals surface area contributed by atoms with Crippen molar-refractivity contribution in [2.75, 3.05) is 13.2 Å². The summed E-state index contributed by atoms with van der Waals surface area (Å²) >= 11 is 0. The molecule has 14 heavy (non-hydrogen) atoms. The van der Waals surface area contributed by atoms with Gasteiger partial charge in [0.05, 0.1) is 6.10 Å². The van der Waals surface area contributed by atoms with Crippen LogP contribution < -0.4 is 5.32 Å². The molecule has 0 unspecified atom stereocenters. The highest BCUT2D eigenvalue weighted by Gasteiger charge is 2.24. The van der Waals surface area contributed by atoms with Gasteiger partial charge >= 0.3 is 0 Å². The Morgan fingerprint density at radius 1 is 1.36 bits per heavy atom. The lowest BCUT2D eigenvalue weighted by atomic mass is 9.85. The zero-order valence-corrected chi connectivity index (χ0v) is 9.08. The summed E-state index contributed by atoms with van der Waals surface area (Å²) < 4.78 is 0. The number of aliphatic hydroxyl groups excluding tert-OH is 2. The van der Waals surface area contributed by atoms with E-state index in [-0.39, 0.29) is 12.7 Å². The molecule has 1 rings (SSSR count). The van der Waals surface area contributed by atoms with E-state index in [9.17, 15) is 10.2 Å². The molecule has 3 heteroatoms. The molecule has 0 bridgehead atoms. The van der Waals surface area contributed by atoms with Crippen molar-refractivity contribution in [1.82, 2.24) is 5.32 Å². The average molecular weight is 201 g/mol. The molecular weight excluding hydrogens is 178 g/mol.